The number of carboxylic acid groups (broad SMARTS) is 1. The van der Waals surface area contributed by atoms with Crippen molar-refractivity contribution in [3.63, 3.8) is 0 Å². The summed E-state index contributed by atoms with van der Waals surface area (Å²) >= 11 is 2.83. The van der Waals surface area contributed by atoms with E-state index in [1.165, 1.54) is 17.5 Å². The molecule has 2 aliphatic rings. The highest BCUT2D eigenvalue weighted by Crippen LogP contribution is 2.32. The van der Waals surface area contributed by atoms with Gasteiger partial charge in [-0.3, -0.25) is 4.79 Å². The van der Waals surface area contributed by atoms with Crippen LogP contribution in [-0.2, 0) is 9.53 Å². The maximum absolute atomic E-state index is 12.3. The van der Waals surface area contributed by atoms with E-state index in [1.54, 1.807) is 11.8 Å². The second kappa shape index (κ2) is 5.94. The number of thiazole rings is 1. The molecule has 0 spiro atoms. The van der Waals surface area contributed by atoms with Crippen LogP contribution in [0.15, 0.2) is 6.20 Å². The maximum atomic E-state index is 12.3. The lowest BCUT2D eigenvalue weighted by Gasteiger charge is -2.23. The van der Waals surface area contributed by atoms with Crippen molar-refractivity contribution in [3.05, 3.63) is 16.1 Å². The van der Waals surface area contributed by atoms with Gasteiger partial charge in [-0.05, 0) is 25.0 Å². The number of aliphatic carboxylic acids is 1. The number of amides is 1. The van der Waals surface area contributed by atoms with Crippen LogP contribution >= 0.6 is 23.1 Å². The van der Waals surface area contributed by atoms with E-state index in [-0.39, 0.29) is 12.0 Å². The lowest BCUT2D eigenvalue weighted by atomic mass is 9.99. The first-order valence-corrected chi connectivity index (χ1v) is 8.79. The molecule has 0 aliphatic carbocycles. The smallest absolute Gasteiger partial charge is 0.330 e. The predicted molar refractivity (Wildman–Crippen MR) is 79.8 cm³/mol. The first-order valence-electron chi connectivity index (χ1n) is 6.82. The lowest BCUT2D eigenvalue weighted by Crippen LogP contribution is -2.54. The molecule has 8 heteroatoms. The van der Waals surface area contributed by atoms with Crippen LogP contribution in [0, 0.1) is 0 Å². The molecule has 0 saturated carbocycles. The van der Waals surface area contributed by atoms with Gasteiger partial charge in [-0.2, -0.15) is 11.8 Å². The van der Waals surface area contributed by atoms with Crippen LogP contribution in [0.4, 0.5) is 0 Å². The fraction of sp³-hybridized carbons (Fsp3) is 0.615. The minimum absolute atomic E-state index is 0.0213. The lowest BCUT2D eigenvalue weighted by molar-refractivity contribution is -0.143. The van der Waals surface area contributed by atoms with E-state index >= 15 is 0 Å². The van der Waals surface area contributed by atoms with Gasteiger partial charge in [-0.25, -0.2) is 9.78 Å². The molecule has 1 aromatic heterocycles. The Balaban J connectivity index is 1.71. The molecule has 3 rings (SSSR count). The van der Waals surface area contributed by atoms with E-state index in [0.29, 0.717) is 17.1 Å². The highest BCUT2D eigenvalue weighted by atomic mass is 32.2. The van der Waals surface area contributed by atoms with Crippen molar-refractivity contribution in [2.45, 2.75) is 30.9 Å². The summed E-state index contributed by atoms with van der Waals surface area (Å²) in [6.45, 7) is 0.727. The molecular formula is C13H16N2O4S2. The second-order valence-corrected chi connectivity index (χ2v) is 7.38. The Labute approximate surface area is 130 Å². The van der Waals surface area contributed by atoms with Crippen molar-refractivity contribution < 1.29 is 19.4 Å². The Morgan fingerprint density at radius 3 is 3.00 bits per heavy atom. The SMILES string of the molecule is O=C(NC1(C(=O)O)CCSC1)c1cnc(C2CCCO2)s1. The molecule has 0 radical (unpaired) electrons. The molecule has 1 amide bonds. The highest BCUT2D eigenvalue weighted by Gasteiger charge is 2.43. The van der Waals surface area contributed by atoms with Crippen molar-refractivity contribution in [1.29, 1.82) is 0 Å². The quantitative estimate of drug-likeness (QED) is 0.874. The van der Waals surface area contributed by atoms with E-state index in [4.69, 9.17) is 4.74 Å². The molecule has 3 heterocycles. The minimum Gasteiger partial charge on any atom is -0.479 e. The molecule has 1 aromatic rings. The van der Waals surface area contributed by atoms with Crippen molar-refractivity contribution in [3.8, 4) is 0 Å². The fourth-order valence-corrected chi connectivity index (χ4v) is 4.70. The minimum atomic E-state index is -1.14. The number of hydrogen-bond donors (Lipinski definition) is 2. The number of carbonyl (C=O) groups excluding carboxylic acids is 1. The van der Waals surface area contributed by atoms with Gasteiger partial charge in [0.2, 0.25) is 0 Å². The zero-order valence-electron chi connectivity index (χ0n) is 11.3. The summed E-state index contributed by atoms with van der Waals surface area (Å²) in [7, 11) is 0. The number of ether oxygens (including phenoxy) is 1. The number of nitrogens with zero attached hydrogens (tertiary/aromatic N) is 1. The second-order valence-electron chi connectivity index (χ2n) is 5.21. The zero-order chi connectivity index (χ0) is 14.9. The summed E-state index contributed by atoms with van der Waals surface area (Å²) < 4.78 is 5.54. The maximum Gasteiger partial charge on any atom is 0.330 e. The van der Waals surface area contributed by atoms with Gasteiger partial charge in [-0.1, -0.05) is 0 Å². The normalized spacial score (nSPS) is 28.7. The average molecular weight is 328 g/mol. The first-order chi connectivity index (χ1) is 10.1. The Hall–Kier alpha value is -1.12. The molecule has 2 saturated heterocycles. The number of nitrogens with one attached hydrogen (secondary N) is 1. The van der Waals surface area contributed by atoms with Gasteiger partial charge in [-0.15, -0.1) is 11.3 Å². The largest absolute Gasteiger partial charge is 0.479 e. The van der Waals surface area contributed by atoms with Gasteiger partial charge in [0.05, 0.1) is 6.20 Å². The van der Waals surface area contributed by atoms with E-state index in [2.05, 4.69) is 10.3 Å². The highest BCUT2D eigenvalue weighted by molar-refractivity contribution is 7.99. The number of aromatic nitrogens is 1. The van der Waals surface area contributed by atoms with Crippen LogP contribution in [0.5, 0.6) is 0 Å². The third-order valence-electron chi connectivity index (χ3n) is 3.74. The van der Waals surface area contributed by atoms with Crippen molar-refractivity contribution in [2.75, 3.05) is 18.1 Å². The van der Waals surface area contributed by atoms with E-state index < -0.39 is 11.5 Å². The van der Waals surface area contributed by atoms with Crippen LogP contribution in [0.1, 0.15) is 40.0 Å². The van der Waals surface area contributed by atoms with Gasteiger partial charge < -0.3 is 15.2 Å². The van der Waals surface area contributed by atoms with Crippen molar-refractivity contribution in [2.24, 2.45) is 0 Å². The van der Waals surface area contributed by atoms with Crippen LogP contribution in [0.2, 0.25) is 0 Å². The van der Waals surface area contributed by atoms with Crippen LogP contribution < -0.4 is 5.32 Å². The summed E-state index contributed by atoms with van der Waals surface area (Å²) in [6.07, 6.45) is 3.87. The van der Waals surface area contributed by atoms with Crippen LogP contribution in [-0.4, -0.2) is 45.6 Å². The monoisotopic (exact) mass is 328 g/mol. The third kappa shape index (κ3) is 2.93. The van der Waals surface area contributed by atoms with Crippen LogP contribution in [0.3, 0.4) is 0 Å². The topological polar surface area (TPSA) is 88.5 Å². The zero-order valence-corrected chi connectivity index (χ0v) is 13.0. The van der Waals surface area contributed by atoms with Gasteiger partial charge in [0.15, 0.2) is 0 Å². The van der Waals surface area contributed by atoms with E-state index in [9.17, 15) is 14.7 Å². The molecule has 21 heavy (non-hydrogen) atoms. The summed E-state index contributed by atoms with van der Waals surface area (Å²) in [5.74, 6) is -0.173. The molecule has 6 nitrogen and oxygen atoms in total. The third-order valence-corrected chi connectivity index (χ3v) is 6.01. The summed E-state index contributed by atoms with van der Waals surface area (Å²) in [6, 6.07) is 0. The first kappa shape index (κ1) is 14.8. The summed E-state index contributed by atoms with van der Waals surface area (Å²) in [5.41, 5.74) is -1.14. The molecule has 0 bridgehead atoms. The van der Waals surface area contributed by atoms with Gasteiger partial charge in [0, 0.05) is 12.4 Å². The molecular weight excluding hydrogens is 312 g/mol. The van der Waals surface area contributed by atoms with Gasteiger partial charge >= 0.3 is 5.97 Å². The van der Waals surface area contributed by atoms with Crippen LogP contribution in [0.25, 0.3) is 0 Å². The summed E-state index contributed by atoms with van der Waals surface area (Å²) in [4.78, 5) is 28.4. The Morgan fingerprint density at radius 1 is 1.52 bits per heavy atom. The molecule has 2 N–H and O–H groups in total. The number of carbonyl (C=O) groups is 2. The molecule has 2 atom stereocenters. The number of thioether (sulfide) groups is 1. The van der Waals surface area contributed by atoms with Crippen molar-refractivity contribution in [1.82, 2.24) is 10.3 Å². The average Bonchev–Trinajstić information content (AvgIpc) is 3.20. The molecule has 2 aliphatic heterocycles. The standard InChI is InChI=1S/C13H16N2O4S2/c16-10(15-13(12(17)18)3-5-20-7-13)9-6-14-11(21-9)8-2-1-4-19-8/h6,8H,1-5,7H2,(H,15,16)(H,17,18). The van der Waals surface area contributed by atoms with E-state index in [1.807, 2.05) is 0 Å². The number of carboxylic acids is 1. The van der Waals surface area contributed by atoms with Gasteiger partial charge in [0.25, 0.3) is 5.91 Å². The Morgan fingerprint density at radius 2 is 2.38 bits per heavy atom. The predicted octanol–water partition coefficient (Wildman–Crippen LogP) is 1.68. The fourth-order valence-electron chi connectivity index (χ4n) is 2.48. The Kier molecular flexibility index (Phi) is 4.19. The van der Waals surface area contributed by atoms with Gasteiger partial charge in [0.1, 0.15) is 21.5 Å². The molecule has 0 aromatic carbocycles. The number of rotatable bonds is 4. The Bertz CT molecular complexity index is 548. The molecule has 114 valence electrons. The van der Waals surface area contributed by atoms with Crippen molar-refractivity contribution >= 4 is 35.0 Å². The van der Waals surface area contributed by atoms with E-state index in [0.717, 1.165) is 30.2 Å². The summed E-state index contributed by atoms with van der Waals surface area (Å²) in [5, 5.41) is 12.9. The molecule has 2 unspecified atom stereocenters. The number of hydrogen-bond acceptors (Lipinski definition) is 6. The molecule has 2 fully saturated rings.